The third-order valence-corrected chi connectivity index (χ3v) is 5.93. The lowest BCUT2D eigenvalue weighted by molar-refractivity contribution is 0.196. The van der Waals surface area contributed by atoms with Gasteiger partial charge in [-0.05, 0) is 51.4 Å². The molecule has 0 amide bonds. The molecule has 1 aromatic heterocycles. The summed E-state index contributed by atoms with van der Waals surface area (Å²) in [5, 5.41) is 7.09. The lowest BCUT2D eigenvalue weighted by atomic mass is 10.0. The van der Waals surface area contributed by atoms with E-state index in [-0.39, 0.29) is 0 Å². The molecule has 1 atom stereocenters. The average Bonchev–Trinajstić information content (AvgIpc) is 2.80. The molecule has 0 aliphatic carbocycles. The second-order valence-corrected chi connectivity index (χ2v) is 8.49. The molecule has 0 saturated carbocycles. The molecule has 31 heavy (non-hydrogen) atoms. The van der Waals surface area contributed by atoms with Crippen LogP contribution in [0.4, 0.5) is 0 Å². The zero-order chi connectivity index (χ0) is 21.9. The van der Waals surface area contributed by atoms with Crippen LogP contribution in [0.5, 0.6) is 0 Å². The Morgan fingerprint density at radius 1 is 1.16 bits per heavy atom. The summed E-state index contributed by atoms with van der Waals surface area (Å²) in [6.07, 6.45) is 4.13. The van der Waals surface area contributed by atoms with Gasteiger partial charge in [-0.3, -0.25) is 19.8 Å². The number of likely N-dealkylation sites (N-methyl/N-ethyl adjacent to an activating group) is 1. The highest BCUT2D eigenvalue weighted by molar-refractivity contribution is 5.80. The third-order valence-electron chi connectivity index (χ3n) is 5.93. The summed E-state index contributed by atoms with van der Waals surface area (Å²) in [5.74, 6) is 0.936. The van der Waals surface area contributed by atoms with E-state index < -0.39 is 0 Å². The molecule has 1 unspecified atom stereocenters. The van der Waals surface area contributed by atoms with Crippen LogP contribution < -0.4 is 10.6 Å². The molecule has 6 nitrogen and oxygen atoms in total. The van der Waals surface area contributed by atoms with Crippen molar-refractivity contribution in [2.24, 2.45) is 4.99 Å². The Morgan fingerprint density at radius 2 is 1.90 bits per heavy atom. The number of aliphatic imine (C=N–C) groups is 1. The molecular formula is C25H38N6. The molecule has 6 heteroatoms. The summed E-state index contributed by atoms with van der Waals surface area (Å²) in [5.41, 5.74) is 2.49. The molecule has 3 rings (SSSR count). The first-order valence-corrected chi connectivity index (χ1v) is 11.5. The quantitative estimate of drug-likeness (QED) is 0.480. The molecule has 168 valence electrons. The van der Waals surface area contributed by atoms with Gasteiger partial charge in [-0.15, -0.1) is 0 Å². The number of likely N-dealkylation sites (tertiary alicyclic amines) is 1. The van der Waals surface area contributed by atoms with Crippen molar-refractivity contribution < 1.29 is 0 Å². The minimum atomic E-state index is 0.371. The van der Waals surface area contributed by atoms with Gasteiger partial charge in [0.2, 0.25) is 0 Å². The van der Waals surface area contributed by atoms with E-state index in [0.717, 1.165) is 63.8 Å². The van der Waals surface area contributed by atoms with E-state index in [2.05, 4.69) is 88.8 Å². The number of aromatic nitrogens is 1. The molecule has 1 saturated heterocycles. The first-order chi connectivity index (χ1) is 15.1. The number of hydrogen-bond acceptors (Lipinski definition) is 4. The van der Waals surface area contributed by atoms with E-state index in [0.29, 0.717) is 12.1 Å². The maximum Gasteiger partial charge on any atom is 0.191 e. The number of benzene rings is 1. The summed E-state index contributed by atoms with van der Waals surface area (Å²) in [4.78, 5) is 14.2. The van der Waals surface area contributed by atoms with Crippen LogP contribution in [0.1, 0.15) is 37.9 Å². The fourth-order valence-electron chi connectivity index (χ4n) is 3.86. The van der Waals surface area contributed by atoms with Crippen LogP contribution in [0.15, 0.2) is 59.7 Å². The van der Waals surface area contributed by atoms with Crippen LogP contribution in [0.25, 0.3) is 0 Å². The Hall–Kier alpha value is -2.44. The highest BCUT2D eigenvalue weighted by atomic mass is 15.2. The predicted molar refractivity (Wildman–Crippen MR) is 129 cm³/mol. The molecule has 2 aromatic rings. The molecule has 0 spiro atoms. The molecule has 0 radical (unpaired) electrons. The van der Waals surface area contributed by atoms with Crippen LogP contribution >= 0.6 is 0 Å². The first-order valence-electron chi connectivity index (χ1n) is 11.5. The van der Waals surface area contributed by atoms with E-state index in [9.17, 15) is 0 Å². The van der Waals surface area contributed by atoms with Crippen molar-refractivity contribution in [1.82, 2.24) is 25.4 Å². The average molecular weight is 423 g/mol. The molecule has 1 fully saturated rings. The molecule has 2 N–H and O–H groups in total. The lowest BCUT2D eigenvalue weighted by Gasteiger charge is -2.33. The van der Waals surface area contributed by atoms with Crippen molar-refractivity contribution in [1.29, 1.82) is 0 Å². The van der Waals surface area contributed by atoms with Crippen molar-refractivity contribution in [2.75, 3.05) is 33.2 Å². The maximum absolute atomic E-state index is 4.89. The first kappa shape index (κ1) is 23.2. The van der Waals surface area contributed by atoms with E-state index in [1.165, 1.54) is 5.56 Å². The van der Waals surface area contributed by atoms with E-state index >= 15 is 0 Å². The summed E-state index contributed by atoms with van der Waals surface area (Å²) < 4.78 is 0. The fourth-order valence-corrected chi connectivity index (χ4v) is 3.86. The zero-order valence-corrected chi connectivity index (χ0v) is 19.3. The number of pyridine rings is 1. The minimum Gasteiger partial charge on any atom is -0.357 e. The summed E-state index contributed by atoms with van der Waals surface area (Å²) in [7, 11) is 2.17. The van der Waals surface area contributed by atoms with Crippen LogP contribution in [0.3, 0.4) is 0 Å². The van der Waals surface area contributed by atoms with E-state index in [1.807, 2.05) is 12.3 Å². The van der Waals surface area contributed by atoms with Gasteiger partial charge in [0.15, 0.2) is 5.96 Å². The second-order valence-electron chi connectivity index (χ2n) is 8.49. The molecule has 1 aliphatic rings. The van der Waals surface area contributed by atoms with Crippen molar-refractivity contribution in [3.63, 3.8) is 0 Å². The normalized spacial score (nSPS) is 17.0. The summed E-state index contributed by atoms with van der Waals surface area (Å²) in [6.45, 7) is 10.1. The smallest absolute Gasteiger partial charge is 0.191 e. The number of hydrogen-bond donors (Lipinski definition) is 2. The van der Waals surface area contributed by atoms with Crippen molar-refractivity contribution in [3.05, 3.63) is 66.0 Å². The van der Waals surface area contributed by atoms with Gasteiger partial charge in [-0.2, -0.15) is 0 Å². The number of guanidine groups is 1. The molecule has 1 aromatic carbocycles. The third kappa shape index (κ3) is 7.96. The van der Waals surface area contributed by atoms with Gasteiger partial charge < -0.3 is 10.6 Å². The van der Waals surface area contributed by atoms with Gasteiger partial charge >= 0.3 is 0 Å². The second kappa shape index (κ2) is 12.4. The Labute approximate surface area is 187 Å². The molecule has 0 bridgehead atoms. The van der Waals surface area contributed by atoms with Gasteiger partial charge in [0.25, 0.3) is 0 Å². The van der Waals surface area contributed by atoms with Gasteiger partial charge in [0, 0.05) is 51.0 Å². The number of piperidine rings is 1. The standard InChI is InChI=1S/C25H38N6/c1-4-26-25(28-18-21(2)30(3)19-22-10-6-5-7-11-22)29-23-13-16-31(17-14-23)20-24-12-8-9-15-27-24/h5-12,15,21,23H,4,13-14,16-20H2,1-3H3,(H2,26,28,29). The lowest BCUT2D eigenvalue weighted by Crippen LogP contribution is -2.49. The summed E-state index contributed by atoms with van der Waals surface area (Å²) >= 11 is 0. The highest BCUT2D eigenvalue weighted by Crippen LogP contribution is 2.13. The van der Waals surface area contributed by atoms with E-state index in [4.69, 9.17) is 4.99 Å². The van der Waals surface area contributed by atoms with Crippen LogP contribution in [0, 0.1) is 0 Å². The molecule has 1 aliphatic heterocycles. The summed E-state index contributed by atoms with van der Waals surface area (Å²) in [6, 6.07) is 17.6. The SMILES string of the molecule is CCNC(=NCC(C)N(C)Cc1ccccc1)NC1CCN(Cc2ccccn2)CC1. The number of rotatable bonds is 9. The Bertz CT molecular complexity index is 771. The van der Waals surface area contributed by atoms with Gasteiger partial charge in [0.1, 0.15) is 0 Å². The number of nitrogens with one attached hydrogen (secondary N) is 2. The minimum absolute atomic E-state index is 0.371. The van der Waals surface area contributed by atoms with Crippen LogP contribution in [-0.2, 0) is 13.1 Å². The Balaban J connectivity index is 1.45. The van der Waals surface area contributed by atoms with Crippen LogP contribution in [-0.4, -0.2) is 66.1 Å². The molecule has 2 heterocycles. The highest BCUT2D eigenvalue weighted by Gasteiger charge is 2.20. The number of nitrogens with zero attached hydrogens (tertiary/aromatic N) is 4. The predicted octanol–water partition coefficient (Wildman–Crippen LogP) is 3.12. The van der Waals surface area contributed by atoms with Crippen molar-refractivity contribution in [2.45, 2.75) is 51.9 Å². The van der Waals surface area contributed by atoms with Gasteiger partial charge in [0.05, 0.1) is 12.2 Å². The zero-order valence-electron chi connectivity index (χ0n) is 19.3. The largest absolute Gasteiger partial charge is 0.357 e. The van der Waals surface area contributed by atoms with E-state index in [1.54, 1.807) is 0 Å². The van der Waals surface area contributed by atoms with Crippen molar-refractivity contribution in [3.8, 4) is 0 Å². The van der Waals surface area contributed by atoms with Crippen LogP contribution in [0.2, 0.25) is 0 Å². The Kier molecular flexibility index (Phi) is 9.31. The monoisotopic (exact) mass is 422 g/mol. The molecular weight excluding hydrogens is 384 g/mol. The topological polar surface area (TPSA) is 55.8 Å². The van der Waals surface area contributed by atoms with Crippen molar-refractivity contribution >= 4 is 5.96 Å². The van der Waals surface area contributed by atoms with Gasteiger partial charge in [-0.1, -0.05) is 36.4 Å². The fraction of sp³-hybridized carbons (Fsp3) is 0.520. The Morgan fingerprint density at radius 3 is 2.58 bits per heavy atom. The van der Waals surface area contributed by atoms with Gasteiger partial charge in [-0.25, -0.2) is 0 Å². The maximum atomic E-state index is 4.89.